The molecule has 0 aromatic carbocycles. The smallest absolute Gasteiger partial charge is 0.306 e. The molecular formula is C41H61BClN4O6S2. The molecule has 2 saturated carbocycles. The molecular weight excluding hydrogens is 755 g/mol. The van der Waals surface area contributed by atoms with Gasteiger partial charge in [0.1, 0.15) is 44.8 Å². The molecule has 4 aromatic heterocycles. The monoisotopic (exact) mass is 815 g/mol. The van der Waals surface area contributed by atoms with Crippen molar-refractivity contribution >= 4 is 75.1 Å². The molecule has 6 rings (SSSR count). The third kappa shape index (κ3) is 14.9. The number of aryl methyl sites for hydroxylation is 4. The number of hydrogen-bond acceptors (Lipinski definition) is 12. The lowest BCUT2D eigenvalue weighted by Gasteiger charge is -2.29. The second-order valence-electron chi connectivity index (χ2n) is 16.3. The Hall–Kier alpha value is -2.87. The van der Waals surface area contributed by atoms with Crippen molar-refractivity contribution in [3.8, 4) is 5.88 Å². The minimum Gasteiger partial charge on any atom is -0.474 e. The summed E-state index contributed by atoms with van der Waals surface area (Å²) < 4.78 is 16.9. The summed E-state index contributed by atoms with van der Waals surface area (Å²) in [4.78, 5) is 44.9. The maximum absolute atomic E-state index is 12.0. The van der Waals surface area contributed by atoms with Gasteiger partial charge in [0.25, 0.3) is 0 Å². The predicted molar refractivity (Wildman–Crippen MR) is 227 cm³/mol. The summed E-state index contributed by atoms with van der Waals surface area (Å²) in [6.45, 7) is 19.7. The number of fused-ring (bicyclic) bond motifs is 2. The highest BCUT2D eigenvalue weighted by Gasteiger charge is 2.28. The number of rotatable bonds is 6. The molecule has 4 aromatic rings. The Morgan fingerprint density at radius 3 is 1.58 bits per heavy atom. The van der Waals surface area contributed by atoms with Gasteiger partial charge in [0.2, 0.25) is 5.88 Å². The summed E-state index contributed by atoms with van der Waals surface area (Å²) in [6.07, 6.45) is 11.5. The molecule has 14 heteroatoms. The lowest BCUT2D eigenvalue weighted by atomic mass is 9.85. The maximum Gasteiger partial charge on any atom is 0.306 e. The number of carbonyl (C=O) groups excluding carboxylic acids is 2. The molecule has 4 heterocycles. The standard InChI is InChI=1S/C20H28N2O3S.C12H22O3.C8H7ClN2S.CH4.B/c1-12-13(2)26-19-17(12)18(21-11-22-19)24-15-8-6-14(7-9-15)10-16(23)25-20(3,4)5;1-12(2,3)15-11(14)8-9-4-6-10(13)7-5-9;1-4-5(2)12-8-6(4)7(9)10-3-11-8;;/h11,14-15H,6-10H2,1-5H3;9-10,13H,4-8H2,1-3H3;3H,1-2H3;1H4;. The normalized spacial score (nSPS) is 19.8. The van der Waals surface area contributed by atoms with Gasteiger partial charge in [-0.2, -0.15) is 0 Å². The third-order valence-corrected chi connectivity index (χ3v) is 12.0. The molecule has 2 fully saturated rings. The average Bonchev–Trinajstić information content (AvgIpc) is 3.52. The number of aliphatic hydroxyl groups excluding tert-OH is 1. The summed E-state index contributed by atoms with van der Waals surface area (Å²) in [7, 11) is 0. The number of esters is 2. The van der Waals surface area contributed by atoms with Crippen LogP contribution in [0, 0.1) is 39.5 Å². The first-order chi connectivity index (χ1) is 24.8. The van der Waals surface area contributed by atoms with E-state index in [2.05, 4.69) is 40.7 Å². The van der Waals surface area contributed by atoms with E-state index >= 15 is 0 Å². The summed E-state index contributed by atoms with van der Waals surface area (Å²) in [5, 5.41) is 11.9. The molecule has 3 radical (unpaired) electrons. The summed E-state index contributed by atoms with van der Waals surface area (Å²) in [5.74, 6) is 1.29. The van der Waals surface area contributed by atoms with Crippen molar-refractivity contribution in [2.75, 3.05) is 0 Å². The Morgan fingerprint density at radius 1 is 0.709 bits per heavy atom. The lowest BCUT2D eigenvalue weighted by Crippen LogP contribution is -2.28. The van der Waals surface area contributed by atoms with Gasteiger partial charge in [-0.25, -0.2) is 19.9 Å². The Labute approximate surface area is 343 Å². The van der Waals surface area contributed by atoms with Gasteiger partial charge in [-0.15, -0.1) is 22.7 Å². The molecule has 55 heavy (non-hydrogen) atoms. The highest BCUT2D eigenvalue weighted by atomic mass is 35.5. The minimum absolute atomic E-state index is 0. The molecule has 1 N–H and O–H groups in total. The second-order valence-corrected chi connectivity index (χ2v) is 19.1. The number of nitrogens with zero attached hydrogens (tertiary/aromatic N) is 4. The third-order valence-electron chi connectivity index (χ3n) is 9.49. The number of carbonyl (C=O) groups is 2. The van der Waals surface area contributed by atoms with Crippen molar-refractivity contribution in [2.24, 2.45) is 11.8 Å². The number of halogens is 1. The topological polar surface area (TPSA) is 134 Å². The number of ether oxygens (including phenoxy) is 3. The zero-order valence-corrected chi connectivity index (χ0v) is 36.0. The van der Waals surface area contributed by atoms with Gasteiger partial charge in [-0.3, -0.25) is 9.59 Å². The van der Waals surface area contributed by atoms with Crippen molar-refractivity contribution in [1.82, 2.24) is 19.9 Å². The van der Waals surface area contributed by atoms with Crippen molar-refractivity contribution in [3.63, 3.8) is 0 Å². The highest BCUT2D eigenvalue weighted by Crippen LogP contribution is 2.37. The first-order valence-corrected chi connectivity index (χ1v) is 20.7. The highest BCUT2D eigenvalue weighted by molar-refractivity contribution is 7.19. The maximum atomic E-state index is 12.0. The zero-order valence-electron chi connectivity index (χ0n) is 33.6. The number of aliphatic hydroxyl groups is 1. The van der Waals surface area contributed by atoms with Crippen LogP contribution in [-0.2, 0) is 19.1 Å². The van der Waals surface area contributed by atoms with E-state index in [-0.39, 0.29) is 45.6 Å². The van der Waals surface area contributed by atoms with Crippen LogP contribution < -0.4 is 4.74 Å². The first kappa shape index (κ1) is 48.3. The van der Waals surface area contributed by atoms with Crippen molar-refractivity contribution in [3.05, 3.63) is 38.7 Å². The van der Waals surface area contributed by atoms with Crippen LogP contribution in [0.1, 0.15) is 134 Å². The fraction of sp³-hybridized carbons (Fsp3) is 0.659. The van der Waals surface area contributed by atoms with E-state index in [4.69, 9.17) is 25.8 Å². The van der Waals surface area contributed by atoms with E-state index in [1.54, 1.807) is 29.0 Å². The van der Waals surface area contributed by atoms with E-state index in [1.165, 1.54) is 27.2 Å². The lowest BCUT2D eigenvalue weighted by molar-refractivity contribution is -0.157. The average molecular weight is 816 g/mol. The first-order valence-electron chi connectivity index (χ1n) is 18.6. The molecule has 0 amide bonds. The number of aromatic nitrogens is 4. The molecule has 2 aliphatic carbocycles. The van der Waals surface area contributed by atoms with Crippen molar-refractivity contribution in [1.29, 1.82) is 0 Å². The van der Waals surface area contributed by atoms with E-state index in [1.807, 2.05) is 48.5 Å². The Bertz CT molecular complexity index is 1840. The van der Waals surface area contributed by atoms with Gasteiger partial charge in [0.15, 0.2) is 0 Å². The molecule has 0 spiro atoms. The van der Waals surface area contributed by atoms with E-state index in [0.29, 0.717) is 35.7 Å². The van der Waals surface area contributed by atoms with Gasteiger partial charge in [-0.1, -0.05) is 19.0 Å². The fourth-order valence-electron chi connectivity index (χ4n) is 6.58. The molecule has 0 bridgehead atoms. The number of thiophene rings is 2. The Kier molecular flexibility index (Phi) is 18.5. The second kappa shape index (κ2) is 21.1. The van der Waals surface area contributed by atoms with Crippen molar-refractivity contribution < 1.29 is 28.9 Å². The van der Waals surface area contributed by atoms with Crippen LogP contribution in [0.5, 0.6) is 5.88 Å². The molecule has 2 aliphatic rings. The van der Waals surface area contributed by atoms with Gasteiger partial charge in [0.05, 0.1) is 16.9 Å². The van der Waals surface area contributed by atoms with E-state index < -0.39 is 5.60 Å². The van der Waals surface area contributed by atoms with Crippen molar-refractivity contribution in [2.45, 2.75) is 164 Å². The predicted octanol–water partition coefficient (Wildman–Crippen LogP) is 10.5. The largest absolute Gasteiger partial charge is 0.474 e. The Balaban J connectivity index is 0.000000307. The van der Waals surface area contributed by atoms with Crippen LogP contribution in [0.4, 0.5) is 0 Å². The number of hydrogen-bond donors (Lipinski definition) is 1. The summed E-state index contributed by atoms with van der Waals surface area (Å²) >= 11 is 9.27. The van der Waals surface area contributed by atoms with Crippen LogP contribution in [0.15, 0.2) is 12.7 Å². The molecule has 10 nitrogen and oxygen atoms in total. The van der Waals surface area contributed by atoms with E-state index in [9.17, 15) is 14.7 Å². The van der Waals surface area contributed by atoms with Gasteiger partial charge >= 0.3 is 11.9 Å². The summed E-state index contributed by atoms with van der Waals surface area (Å²) in [5.41, 5.74) is 1.61. The van der Waals surface area contributed by atoms with Crippen LogP contribution >= 0.6 is 34.3 Å². The van der Waals surface area contributed by atoms with Crippen LogP contribution in [0.25, 0.3) is 20.4 Å². The van der Waals surface area contributed by atoms with E-state index in [0.717, 1.165) is 71.8 Å². The summed E-state index contributed by atoms with van der Waals surface area (Å²) in [6, 6.07) is 0. The van der Waals surface area contributed by atoms with Crippen LogP contribution in [0.3, 0.4) is 0 Å². The molecule has 0 unspecified atom stereocenters. The van der Waals surface area contributed by atoms with Gasteiger partial charge < -0.3 is 19.3 Å². The quantitative estimate of drug-likeness (QED) is 0.114. The van der Waals surface area contributed by atoms with Gasteiger partial charge in [-0.05, 0) is 144 Å². The zero-order chi connectivity index (χ0) is 39.1. The Morgan fingerprint density at radius 2 is 1.13 bits per heavy atom. The minimum atomic E-state index is -0.410. The van der Waals surface area contributed by atoms with Crippen LogP contribution in [-0.4, -0.2) is 68.8 Å². The SMILES string of the molecule is C.CC(C)(C)OC(=O)CC1CCC(O)CC1.Cc1sc2ncnc(Cl)c2c1C.Cc1sc2ncnc(OC3CCC(CC(=O)OC(C)(C)C)CC3)c2c1C.[B]. The molecule has 0 aliphatic heterocycles. The molecule has 303 valence electrons. The molecule has 0 saturated heterocycles. The fourth-order valence-corrected chi connectivity index (χ4v) is 8.89. The van der Waals surface area contributed by atoms with Crippen LogP contribution in [0.2, 0.25) is 5.15 Å². The van der Waals surface area contributed by atoms with Gasteiger partial charge in [0, 0.05) is 31.0 Å². The molecule has 0 atom stereocenters.